The standard InChI is InChI=1S/C18H19N3O4/c1-12-6-4-5-7-15(12)20-17(22)18(23)21-19-11-13-10-14(24-2)8-9-16(13)25-3/h4-11H,1-3H3,(H,20,22)(H,21,23)/b19-11-. The van der Waals surface area contributed by atoms with E-state index in [9.17, 15) is 9.59 Å². The summed E-state index contributed by atoms with van der Waals surface area (Å²) in [6, 6.07) is 12.3. The maximum absolute atomic E-state index is 11.9. The van der Waals surface area contributed by atoms with Crippen LogP contribution in [0.3, 0.4) is 0 Å². The number of nitrogens with one attached hydrogen (secondary N) is 2. The van der Waals surface area contributed by atoms with E-state index in [1.54, 1.807) is 37.4 Å². The highest BCUT2D eigenvalue weighted by molar-refractivity contribution is 6.39. The second-order valence-corrected chi connectivity index (χ2v) is 5.08. The molecule has 0 atom stereocenters. The van der Waals surface area contributed by atoms with Gasteiger partial charge < -0.3 is 14.8 Å². The minimum Gasteiger partial charge on any atom is -0.497 e. The number of hydrogen-bond acceptors (Lipinski definition) is 5. The quantitative estimate of drug-likeness (QED) is 0.495. The lowest BCUT2D eigenvalue weighted by atomic mass is 10.2. The van der Waals surface area contributed by atoms with E-state index in [2.05, 4.69) is 15.8 Å². The normalized spacial score (nSPS) is 10.4. The van der Waals surface area contributed by atoms with Crippen molar-refractivity contribution < 1.29 is 19.1 Å². The number of amides is 2. The highest BCUT2D eigenvalue weighted by atomic mass is 16.5. The Morgan fingerprint density at radius 2 is 1.80 bits per heavy atom. The summed E-state index contributed by atoms with van der Waals surface area (Å²) >= 11 is 0. The van der Waals surface area contributed by atoms with Crippen molar-refractivity contribution in [3.8, 4) is 11.5 Å². The van der Waals surface area contributed by atoms with Gasteiger partial charge in [0.15, 0.2) is 0 Å². The Morgan fingerprint density at radius 1 is 1.04 bits per heavy atom. The monoisotopic (exact) mass is 341 g/mol. The lowest BCUT2D eigenvalue weighted by Gasteiger charge is -2.07. The smallest absolute Gasteiger partial charge is 0.329 e. The molecule has 0 aromatic heterocycles. The van der Waals surface area contributed by atoms with Crippen molar-refractivity contribution in [3.63, 3.8) is 0 Å². The van der Waals surface area contributed by atoms with Crippen molar-refractivity contribution in [1.29, 1.82) is 0 Å². The van der Waals surface area contributed by atoms with Gasteiger partial charge in [0.1, 0.15) is 11.5 Å². The Balaban J connectivity index is 2.00. The third-order valence-corrected chi connectivity index (χ3v) is 3.41. The van der Waals surface area contributed by atoms with Crippen LogP contribution in [-0.4, -0.2) is 32.2 Å². The van der Waals surface area contributed by atoms with E-state index in [0.717, 1.165) is 5.56 Å². The Hall–Kier alpha value is -3.35. The molecule has 130 valence electrons. The summed E-state index contributed by atoms with van der Waals surface area (Å²) in [7, 11) is 3.06. The third-order valence-electron chi connectivity index (χ3n) is 3.41. The highest BCUT2D eigenvalue weighted by Gasteiger charge is 2.13. The molecular formula is C18H19N3O4. The number of carbonyl (C=O) groups excluding carboxylic acids is 2. The second-order valence-electron chi connectivity index (χ2n) is 5.08. The van der Waals surface area contributed by atoms with Gasteiger partial charge in [-0.05, 0) is 36.8 Å². The molecule has 0 saturated heterocycles. The summed E-state index contributed by atoms with van der Waals surface area (Å²) in [5.74, 6) is -0.501. The number of rotatable bonds is 5. The van der Waals surface area contributed by atoms with Crippen molar-refractivity contribution in [3.05, 3.63) is 53.6 Å². The largest absolute Gasteiger partial charge is 0.497 e. The summed E-state index contributed by atoms with van der Waals surface area (Å²) in [5.41, 5.74) is 4.21. The SMILES string of the molecule is COc1ccc(OC)c(/C=N\NC(=O)C(=O)Nc2ccccc2C)c1. The second kappa shape index (κ2) is 8.49. The average Bonchev–Trinajstić information content (AvgIpc) is 2.63. The highest BCUT2D eigenvalue weighted by Crippen LogP contribution is 2.22. The van der Waals surface area contributed by atoms with Gasteiger partial charge in [-0.1, -0.05) is 18.2 Å². The zero-order chi connectivity index (χ0) is 18.2. The molecule has 25 heavy (non-hydrogen) atoms. The van der Waals surface area contributed by atoms with Crippen LogP contribution in [0.5, 0.6) is 11.5 Å². The predicted octanol–water partition coefficient (Wildman–Crippen LogP) is 2.10. The fourth-order valence-corrected chi connectivity index (χ4v) is 2.04. The average molecular weight is 341 g/mol. The van der Waals surface area contributed by atoms with Gasteiger partial charge in [0, 0.05) is 11.3 Å². The molecule has 2 N–H and O–H groups in total. The Kier molecular flexibility index (Phi) is 6.11. The molecule has 0 aliphatic rings. The lowest BCUT2D eigenvalue weighted by Crippen LogP contribution is -2.32. The number of methoxy groups -OCH3 is 2. The van der Waals surface area contributed by atoms with E-state index in [1.165, 1.54) is 13.3 Å². The molecule has 2 aromatic rings. The summed E-state index contributed by atoms with van der Waals surface area (Å²) in [4.78, 5) is 23.7. The van der Waals surface area contributed by atoms with Gasteiger partial charge in [-0.25, -0.2) is 5.43 Å². The predicted molar refractivity (Wildman–Crippen MR) is 95.1 cm³/mol. The van der Waals surface area contributed by atoms with Crippen LogP contribution in [0.1, 0.15) is 11.1 Å². The van der Waals surface area contributed by atoms with E-state index in [0.29, 0.717) is 22.7 Å². The molecule has 2 aromatic carbocycles. The molecule has 0 heterocycles. The summed E-state index contributed by atoms with van der Waals surface area (Å²) in [5, 5.41) is 6.32. The topological polar surface area (TPSA) is 89.0 Å². The first kappa shape index (κ1) is 18.0. The fraction of sp³-hybridized carbons (Fsp3) is 0.167. The molecule has 0 spiro atoms. The van der Waals surface area contributed by atoms with Gasteiger partial charge in [-0.15, -0.1) is 0 Å². The van der Waals surface area contributed by atoms with Crippen molar-refractivity contribution in [1.82, 2.24) is 5.43 Å². The zero-order valence-corrected chi connectivity index (χ0v) is 14.2. The number of anilines is 1. The van der Waals surface area contributed by atoms with Gasteiger partial charge in [-0.3, -0.25) is 9.59 Å². The van der Waals surface area contributed by atoms with E-state index in [1.807, 2.05) is 19.1 Å². The maximum Gasteiger partial charge on any atom is 0.329 e. The van der Waals surface area contributed by atoms with E-state index < -0.39 is 11.8 Å². The number of para-hydroxylation sites is 1. The Bertz CT molecular complexity index is 803. The molecule has 0 aliphatic heterocycles. The minimum atomic E-state index is -0.874. The number of hydrazone groups is 1. The molecule has 2 rings (SSSR count). The molecule has 0 unspecified atom stereocenters. The molecule has 7 nitrogen and oxygen atoms in total. The van der Waals surface area contributed by atoms with Gasteiger partial charge in [0.25, 0.3) is 0 Å². The third kappa shape index (κ3) is 4.81. The van der Waals surface area contributed by atoms with Gasteiger partial charge in [0.2, 0.25) is 0 Å². The molecule has 0 radical (unpaired) electrons. The van der Waals surface area contributed by atoms with E-state index in [-0.39, 0.29) is 0 Å². The van der Waals surface area contributed by atoms with Crippen LogP contribution < -0.4 is 20.2 Å². The summed E-state index contributed by atoms with van der Waals surface area (Å²) in [6.07, 6.45) is 1.38. The number of aryl methyl sites for hydroxylation is 1. The van der Waals surface area contributed by atoms with Crippen LogP contribution in [0.2, 0.25) is 0 Å². The summed E-state index contributed by atoms with van der Waals surface area (Å²) < 4.78 is 10.3. The minimum absolute atomic E-state index is 0.558. The number of carbonyl (C=O) groups is 2. The fourth-order valence-electron chi connectivity index (χ4n) is 2.04. The Labute approximate surface area is 145 Å². The van der Waals surface area contributed by atoms with Crippen LogP contribution in [-0.2, 0) is 9.59 Å². The van der Waals surface area contributed by atoms with Crippen molar-refractivity contribution in [2.24, 2.45) is 5.10 Å². The molecule has 0 aliphatic carbocycles. The van der Waals surface area contributed by atoms with Crippen LogP contribution in [0.4, 0.5) is 5.69 Å². The maximum atomic E-state index is 11.9. The van der Waals surface area contributed by atoms with Gasteiger partial charge >= 0.3 is 11.8 Å². The molecule has 0 fully saturated rings. The molecular weight excluding hydrogens is 322 g/mol. The number of benzene rings is 2. The van der Waals surface area contributed by atoms with Gasteiger partial charge in [-0.2, -0.15) is 5.10 Å². The molecule has 7 heteroatoms. The van der Waals surface area contributed by atoms with Crippen LogP contribution >= 0.6 is 0 Å². The summed E-state index contributed by atoms with van der Waals surface area (Å²) in [6.45, 7) is 1.83. The van der Waals surface area contributed by atoms with E-state index >= 15 is 0 Å². The zero-order valence-electron chi connectivity index (χ0n) is 14.2. The van der Waals surface area contributed by atoms with Crippen molar-refractivity contribution in [2.75, 3.05) is 19.5 Å². The Morgan fingerprint density at radius 3 is 2.48 bits per heavy atom. The molecule has 2 amide bonds. The van der Waals surface area contributed by atoms with Gasteiger partial charge in [0.05, 0.1) is 20.4 Å². The van der Waals surface area contributed by atoms with Crippen LogP contribution in [0, 0.1) is 6.92 Å². The first-order valence-corrected chi connectivity index (χ1v) is 7.47. The van der Waals surface area contributed by atoms with Crippen molar-refractivity contribution >= 4 is 23.7 Å². The van der Waals surface area contributed by atoms with Crippen molar-refractivity contribution in [2.45, 2.75) is 6.92 Å². The van der Waals surface area contributed by atoms with Crippen LogP contribution in [0.15, 0.2) is 47.6 Å². The number of nitrogens with zero attached hydrogens (tertiary/aromatic N) is 1. The first-order chi connectivity index (χ1) is 12.0. The lowest BCUT2D eigenvalue weighted by molar-refractivity contribution is -0.136. The molecule has 0 saturated carbocycles. The number of hydrogen-bond donors (Lipinski definition) is 2. The van der Waals surface area contributed by atoms with E-state index in [4.69, 9.17) is 9.47 Å². The molecule has 0 bridgehead atoms. The number of ether oxygens (including phenoxy) is 2. The first-order valence-electron chi connectivity index (χ1n) is 7.47. The van der Waals surface area contributed by atoms with Crippen LogP contribution in [0.25, 0.3) is 0 Å².